The van der Waals surface area contributed by atoms with Gasteiger partial charge in [0, 0.05) is 28.0 Å². The summed E-state index contributed by atoms with van der Waals surface area (Å²) in [7, 11) is 0. The zero-order chi connectivity index (χ0) is 34.4. The van der Waals surface area contributed by atoms with E-state index in [1.807, 2.05) is 6.07 Å². The minimum absolute atomic E-state index is 1.05. The van der Waals surface area contributed by atoms with E-state index in [-0.39, 0.29) is 0 Å². The molecule has 0 amide bonds. The minimum atomic E-state index is 1.05. The number of para-hydroxylation sites is 1. The second-order valence-electron chi connectivity index (χ2n) is 13.2. The number of rotatable bonds is 6. The van der Waals surface area contributed by atoms with Crippen molar-refractivity contribution in [3.8, 4) is 32.8 Å². The summed E-state index contributed by atoms with van der Waals surface area (Å²) in [5, 5.41) is 8.59. The van der Waals surface area contributed by atoms with Crippen molar-refractivity contribution in [1.82, 2.24) is 4.98 Å². The smallest absolute Gasteiger partial charge is 0.124 e. The van der Waals surface area contributed by atoms with E-state index in [0.29, 0.717) is 0 Å². The van der Waals surface area contributed by atoms with Gasteiger partial charge in [-0.1, -0.05) is 140 Å². The van der Waals surface area contributed by atoms with Crippen LogP contribution in [0.5, 0.6) is 0 Å². The molecule has 0 N–H and O–H groups in total. The normalized spacial score (nSPS) is 11.5. The quantitative estimate of drug-likeness (QED) is 0.163. The van der Waals surface area contributed by atoms with Gasteiger partial charge in [-0.2, -0.15) is 0 Å². The summed E-state index contributed by atoms with van der Waals surface area (Å²) in [6.07, 6.45) is 0. The first-order valence-electron chi connectivity index (χ1n) is 17.6. The van der Waals surface area contributed by atoms with E-state index in [2.05, 4.69) is 193 Å². The lowest BCUT2D eigenvalue weighted by atomic mass is 9.97. The maximum Gasteiger partial charge on any atom is 0.124 e. The van der Waals surface area contributed by atoms with Gasteiger partial charge in [-0.05, 0) is 104 Å². The number of thiazole rings is 1. The molecule has 0 unspecified atom stereocenters. The Morgan fingerprint density at radius 1 is 0.346 bits per heavy atom. The van der Waals surface area contributed by atoms with E-state index < -0.39 is 0 Å². The molecule has 10 rings (SSSR count). The maximum atomic E-state index is 4.97. The standard InChI is InChI=1S/C49H32N2S/c1-3-10-36(11-4-1)49-50-47-30-29-45-44-27-21-39(32-40(44)22-28-46(45)48(47)52-49)35-19-25-43(26-20-35)51(41-13-5-2-6-14-41)42-23-17-34(18-24-42)38-16-15-33-9-7-8-12-37(33)31-38/h1-32H. The summed E-state index contributed by atoms with van der Waals surface area (Å²) >= 11 is 1.77. The number of aromatic nitrogens is 1. The van der Waals surface area contributed by atoms with Crippen molar-refractivity contribution in [3.05, 3.63) is 194 Å². The average Bonchev–Trinajstić information content (AvgIpc) is 3.67. The Labute approximate surface area is 306 Å². The Morgan fingerprint density at radius 2 is 0.865 bits per heavy atom. The van der Waals surface area contributed by atoms with Crippen LogP contribution in [-0.2, 0) is 0 Å². The Bertz CT molecular complexity index is 2880. The number of hydrogen-bond donors (Lipinski definition) is 0. The van der Waals surface area contributed by atoms with Crippen molar-refractivity contribution in [1.29, 1.82) is 0 Å². The predicted octanol–water partition coefficient (Wildman–Crippen LogP) is 14.2. The van der Waals surface area contributed by atoms with Crippen LogP contribution < -0.4 is 4.90 Å². The van der Waals surface area contributed by atoms with Gasteiger partial charge in [-0.3, -0.25) is 0 Å². The highest BCUT2D eigenvalue weighted by Gasteiger charge is 2.15. The number of anilines is 3. The molecule has 10 aromatic rings. The van der Waals surface area contributed by atoms with Crippen molar-refractivity contribution in [2.75, 3.05) is 4.90 Å². The van der Waals surface area contributed by atoms with E-state index >= 15 is 0 Å². The fourth-order valence-corrected chi connectivity index (χ4v) is 8.51. The Kier molecular flexibility index (Phi) is 7.37. The summed E-state index contributed by atoms with van der Waals surface area (Å²) in [4.78, 5) is 7.29. The lowest BCUT2D eigenvalue weighted by molar-refractivity contribution is 1.28. The molecular formula is C49H32N2S. The molecule has 2 nitrogen and oxygen atoms in total. The molecule has 0 saturated carbocycles. The Balaban J connectivity index is 0.972. The molecule has 244 valence electrons. The summed E-state index contributed by atoms with van der Waals surface area (Å²) in [6.45, 7) is 0. The second kappa shape index (κ2) is 12.6. The first-order chi connectivity index (χ1) is 25.7. The van der Waals surface area contributed by atoms with Gasteiger partial charge in [-0.25, -0.2) is 4.98 Å². The third-order valence-corrected chi connectivity index (χ3v) is 11.2. The monoisotopic (exact) mass is 680 g/mol. The number of hydrogen-bond acceptors (Lipinski definition) is 3. The van der Waals surface area contributed by atoms with Crippen molar-refractivity contribution in [3.63, 3.8) is 0 Å². The first-order valence-corrected chi connectivity index (χ1v) is 18.4. The van der Waals surface area contributed by atoms with Gasteiger partial charge in [-0.15, -0.1) is 11.3 Å². The largest absolute Gasteiger partial charge is 0.311 e. The maximum absolute atomic E-state index is 4.97. The van der Waals surface area contributed by atoms with Crippen molar-refractivity contribution in [2.24, 2.45) is 0 Å². The van der Waals surface area contributed by atoms with Crippen LogP contribution in [0.1, 0.15) is 0 Å². The highest BCUT2D eigenvalue weighted by molar-refractivity contribution is 7.22. The molecule has 0 aliphatic carbocycles. The van der Waals surface area contributed by atoms with E-state index in [0.717, 1.165) is 33.1 Å². The molecule has 0 aliphatic rings. The summed E-state index contributed by atoms with van der Waals surface area (Å²) in [6, 6.07) is 69.9. The van der Waals surface area contributed by atoms with Gasteiger partial charge >= 0.3 is 0 Å². The van der Waals surface area contributed by atoms with Gasteiger partial charge in [0.05, 0.1) is 10.2 Å². The summed E-state index contributed by atoms with van der Waals surface area (Å²) in [5.74, 6) is 0. The molecule has 0 radical (unpaired) electrons. The summed E-state index contributed by atoms with van der Waals surface area (Å²) < 4.78 is 1.24. The van der Waals surface area contributed by atoms with Crippen molar-refractivity contribution >= 4 is 70.9 Å². The molecule has 0 aliphatic heterocycles. The molecule has 0 saturated heterocycles. The second-order valence-corrected chi connectivity index (χ2v) is 14.2. The minimum Gasteiger partial charge on any atom is -0.311 e. The van der Waals surface area contributed by atoms with Gasteiger partial charge in [0.15, 0.2) is 0 Å². The van der Waals surface area contributed by atoms with Crippen LogP contribution in [0, 0.1) is 0 Å². The van der Waals surface area contributed by atoms with Crippen LogP contribution in [0.4, 0.5) is 17.1 Å². The van der Waals surface area contributed by atoms with Crippen LogP contribution in [0.3, 0.4) is 0 Å². The van der Waals surface area contributed by atoms with Crippen LogP contribution in [-0.4, -0.2) is 4.98 Å². The van der Waals surface area contributed by atoms with Gasteiger partial charge in [0.25, 0.3) is 0 Å². The zero-order valence-electron chi connectivity index (χ0n) is 28.3. The Hall–Kier alpha value is -6.55. The molecule has 1 aromatic heterocycles. The SMILES string of the molecule is c1ccc(-c2nc3ccc4c5ccc(-c6ccc(N(c7ccccc7)c7ccc(-c8ccc9ccccc9c8)cc7)cc6)cc5ccc4c3s2)cc1. The van der Waals surface area contributed by atoms with Crippen LogP contribution in [0.15, 0.2) is 194 Å². The molecular weight excluding hydrogens is 649 g/mol. The lowest BCUT2D eigenvalue weighted by Crippen LogP contribution is -2.09. The van der Waals surface area contributed by atoms with Crippen LogP contribution >= 0.6 is 11.3 Å². The molecule has 1 heterocycles. The molecule has 52 heavy (non-hydrogen) atoms. The van der Waals surface area contributed by atoms with Crippen molar-refractivity contribution in [2.45, 2.75) is 0 Å². The number of fused-ring (bicyclic) bond motifs is 6. The topological polar surface area (TPSA) is 16.1 Å². The van der Waals surface area contributed by atoms with E-state index in [4.69, 9.17) is 4.98 Å². The van der Waals surface area contributed by atoms with E-state index in [1.54, 1.807) is 11.3 Å². The molecule has 9 aromatic carbocycles. The van der Waals surface area contributed by atoms with Gasteiger partial charge < -0.3 is 4.90 Å². The van der Waals surface area contributed by atoms with Crippen molar-refractivity contribution < 1.29 is 0 Å². The molecule has 0 bridgehead atoms. The fourth-order valence-electron chi connectivity index (χ4n) is 7.41. The lowest BCUT2D eigenvalue weighted by Gasteiger charge is -2.26. The summed E-state index contributed by atoms with van der Waals surface area (Å²) in [5.41, 5.74) is 10.4. The third-order valence-electron chi connectivity index (χ3n) is 10.1. The van der Waals surface area contributed by atoms with Crippen LogP contribution in [0.2, 0.25) is 0 Å². The third kappa shape index (κ3) is 5.40. The number of benzene rings is 9. The first kappa shape index (κ1) is 30.3. The van der Waals surface area contributed by atoms with Crippen LogP contribution in [0.25, 0.3) is 75.4 Å². The fraction of sp³-hybridized carbons (Fsp3) is 0. The van der Waals surface area contributed by atoms with E-state index in [1.165, 1.54) is 59.3 Å². The predicted molar refractivity (Wildman–Crippen MR) is 223 cm³/mol. The molecule has 0 spiro atoms. The number of nitrogens with zero attached hydrogens (tertiary/aromatic N) is 2. The highest BCUT2D eigenvalue weighted by atomic mass is 32.1. The van der Waals surface area contributed by atoms with Gasteiger partial charge in [0.2, 0.25) is 0 Å². The van der Waals surface area contributed by atoms with Gasteiger partial charge in [0.1, 0.15) is 5.01 Å². The molecule has 0 atom stereocenters. The molecule has 0 fully saturated rings. The zero-order valence-corrected chi connectivity index (χ0v) is 29.1. The van der Waals surface area contributed by atoms with E-state index in [9.17, 15) is 0 Å². The molecule has 3 heteroatoms. The Morgan fingerprint density at radius 3 is 1.58 bits per heavy atom. The average molecular weight is 681 g/mol. The highest BCUT2D eigenvalue weighted by Crippen LogP contribution is 2.40.